The Morgan fingerprint density at radius 2 is 2.07 bits per heavy atom. The molecule has 14 heavy (non-hydrogen) atoms. The molecule has 2 N–H and O–H groups in total. The van der Waals surface area contributed by atoms with Crippen LogP contribution in [0.15, 0.2) is 18.3 Å². The van der Waals surface area contributed by atoms with E-state index in [1.807, 2.05) is 0 Å². The van der Waals surface area contributed by atoms with E-state index in [2.05, 4.69) is 4.98 Å². The van der Waals surface area contributed by atoms with Crippen molar-refractivity contribution >= 4 is 40.1 Å². The van der Waals surface area contributed by atoms with Gasteiger partial charge in [0.25, 0.3) is 0 Å². The van der Waals surface area contributed by atoms with Crippen molar-refractivity contribution in [3.8, 4) is 0 Å². The number of hydrogen-bond donors (Lipinski definition) is 2. The Balaban J connectivity index is 2.86. The van der Waals surface area contributed by atoms with Crippen LogP contribution in [0.1, 0.15) is 10.4 Å². The Hall–Kier alpha value is -1.19. The molecule has 72 valence electrons. The number of carboxylic acid groups (broad SMARTS) is 1. The maximum absolute atomic E-state index is 10.8. The van der Waals surface area contributed by atoms with Crippen LogP contribution in [0, 0.1) is 0 Å². The fraction of sp³-hybridized carbons (Fsp3) is 0. The van der Waals surface area contributed by atoms with Crippen LogP contribution in [0.3, 0.4) is 0 Å². The van der Waals surface area contributed by atoms with Crippen LogP contribution in [-0.2, 0) is 0 Å². The fourth-order valence-corrected chi connectivity index (χ4v) is 1.95. The van der Waals surface area contributed by atoms with Gasteiger partial charge >= 0.3 is 5.97 Å². The number of fused-ring (bicyclic) bond motifs is 1. The van der Waals surface area contributed by atoms with Gasteiger partial charge in [-0.3, -0.25) is 0 Å². The monoisotopic (exact) mass is 229 g/mol. The van der Waals surface area contributed by atoms with E-state index < -0.39 is 5.97 Å². The van der Waals surface area contributed by atoms with Gasteiger partial charge in [0.05, 0.1) is 15.6 Å². The van der Waals surface area contributed by atoms with Gasteiger partial charge < -0.3 is 10.1 Å². The van der Waals surface area contributed by atoms with Crippen molar-refractivity contribution < 1.29 is 9.90 Å². The molecule has 2 rings (SSSR count). The van der Waals surface area contributed by atoms with Gasteiger partial charge in [-0.05, 0) is 12.1 Å². The molecule has 0 fully saturated rings. The molecule has 0 unspecified atom stereocenters. The van der Waals surface area contributed by atoms with Crippen LogP contribution in [0.5, 0.6) is 0 Å². The van der Waals surface area contributed by atoms with Crippen LogP contribution in [0.4, 0.5) is 0 Å². The van der Waals surface area contributed by atoms with E-state index in [1.54, 1.807) is 12.3 Å². The molecule has 1 aromatic heterocycles. The highest BCUT2D eigenvalue weighted by Gasteiger charge is 2.14. The molecule has 0 atom stereocenters. The third-order valence-electron chi connectivity index (χ3n) is 1.97. The number of nitrogens with one attached hydrogen (secondary N) is 1. The molecule has 0 aliphatic rings. The Morgan fingerprint density at radius 3 is 2.71 bits per heavy atom. The molecule has 3 nitrogen and oxygen atoms in total. The predicted octanol–water partition coefficient (Wildman–Crippen LogP) is 3.17. The molecule has 0 aliphatic carbocycles. The van der Waals surface area contributed by atoms with Gasteiger partial charge in [0.2, 0.25) is 0 Å². The van der Waals surface area contributed by atoms with Gasteiger partial charge in [-0.1, -0.05) is 23.2 Å². The quantitative estimate of drug-likeness (QED) is 0.790. The summed E-state index contributed by atoms with van der Waals surface area (Å²) in [7, 11) is 0. The average Bonchev–Trinajstić information content (AvgIpc) is 2.48. The van der Waals surface area contributed by atoms with Crippen molar-refractivity contribution in [3.05, 3.63) is 33.9 Å². The number of aromatic carboxylic acids is 1. The summed E-state index contributed by atoms with van der Waals surface area (Å²) in [4.78, 5) is 13.6. The lowest BCUT2D eigenvalue weighted by molar-refractivity contribution is 0.0697. The van der Waals surface area contributed by atoms with E-state index >= 15 is 0 Å². The molecule has 0 saturated heterocycles. The molecular formula is C9H5Cl2NO2. The first kappa shape index (κ1) is 9.37. The smallest absolute Gasteiger partial charge is 0.337 e. The molecule has 0 amide bonds. The number of aromatic amines is 1. The highest BCUT2D eigenvalue weighted by atomic mass is 35.5. The number of carboxylic acids is 1. The lowest BCUT2D eigenvalue weighted by Gasteiger charge is -2.00. The van der Waals surface area contributed by atoms with E-state index in [0.29, 0.717) is 10.4 Å². The summed E-state index contributed by atoms with van der Waals surface area (Å²) in [5.74, 6) is -1.06. The topological polar surface area (TPSA) is 53.1 Å². The maximum atomic E-state index is 10.8. The third-order valence-corrected chi connectivity index (χ3v) is 2.66. The van der Waals surface area contributed by atoms with E-state index in [4.69, 9.17) is 28.3 Å². The Labute approximate surface area is 89.2 Å². The molecule has 0 spiro atoms. The minimum atomic E-state index is -1.06. The molecule has 1 heterocycles. The van der Waals surface area contributed by atoms with Crippen LogP contribution in [0.25, 0.3) is 10.9 Å². The molecular weight excluding hydrogens is 225 g/mol. The highest BCUT2D eigenvalue weighted by Crippen LogP contribution is 2.32. The minimum absolute atomic E-state index is 0.0562. The van der Waals surface area contributed by atoms with Crippen LogP contribution >= 0.6 is 23.2 Å². The fourth-order valence-electron chi connectivity index (χ4n) is 1.31. The number of H-pyrrole nitrogens is 1. The van der Waals surface area contributed by atoms with Crippen molar-refractivity contribution in [3.63, 3.8) is 0 Å². The van der Waals surface area contributed by atoms with Crippen molar-refractivity contribution in [1.82, 2.24) is 4.98 Å². The summed E-state index contributed by atoms with van der Waals surface area (Å²) in [6.07, 6.45) is 1.57. The van der Waals surface area contributed by atoms with Gasteiger partial charge in [-0.2, -0.15) is 0 Å². The summed E-state index contributed by atoms with van der Waals surface area (Å²) in [5, 5.41) is 9.96. The average molecular weight is 230 g/mol. The second-order valence-electron chi connectivity index (χ2n) is 2.79. The molecule has 0 aliphatic heterocycles. The summed E-state index contributed by atoms with van der Waals surface area (Å²) in [6, 6.07) is 3.08. The summed E-state index contributed by atoms with van der Waals surface area (Å²) < 4.78 is 0. The number of rotatable bonds is 1. The lowest BCUT2D eigenvalue weighted by Crippen LogP contribution is -1.96. The zero-order valence-electron chi connectivity index (χ0n) is 6.84. The molecule has 0 saturated carbocycles. The first-order valence-corrected chi connectivity index (χ1v) is 4.55. The van der Waals surface area contributed by atoms with Crippen LogP contribution < -0.4 is 0 Å². The normalized spacial score (nSPS) is 10.7. The van der Waals surface area contributed by atoms with Crippen molar-refractivity contribution in [2.24, 2.45) is 0 Å². The molecule has 0 bridgehead atoms. The number of benzene rings is 1. The number of carbonyl (C=O) groups is 1. The van der Waals surface area contributed by atoms with E-state index in [1.165, 1.54) is 6.07 Å². The van der Waals surface area contributed by atoms with Gasteiger partial charge in [-0.25, -0.2) is 4.79 Å². The third kappa shape index (κ3) is 1.25. The predicted molar refractivity (Wildman–Crippen MR) is 55.3 cm³/mol. The van der Waals surface area contributed by atoms with E-state index in [9.17, 15) is 4.79 Å². The molecule has 2 aromatic rings. The largest absolute Gasteiger partial charge is 0.478 e. The van der Waals surface area contributed by atoms with Gasteiger partial charge in [-0.15, -0.1) is 0 Å². The van der Waals surface area contributed by atoms with Gasteiger partial charge in [0.1, 0.15) is 0 Å². The second-order valence-corrected chi connectivity index (χ2v) is 3.58. The zero-order valence-corrected chi connectivity index (χ0v) is 8.36. The summed E-state index contributed by atoms with van der Waals surface area (Å²) in [5.41, 5.74) is 0.783. The summed E-state index contributed by atoms with van der Waals surface area (Å²) >= 11 is 11.7. The Morgan fingerprint density at radius 1 is 1.36 bits per heavy atom. The SMILES string of the molecule is O=C(O)c1ccc2[nH]cc(Cl)c2c1Cl. The second kappa shape index (κ2) is 3.19. The number of halogens is 2. The van der Waals surface area contributed by atoms with Gasteiger partial charge in [0.15, 0.2) is 0 Å². The van der Waals surface area contributed by atoms with Crippen LogP contribution in [-0.4, -0.2) is 16.1 Å². The first-order valence-electron chi connectivity index (χ1n) is 3.79. The van der Waals surface area contributed by atoms with Gasteiger partial charge in [0, 0.05) is 17.1 Å². The molecule has 5 heteroatoms. The molecule has 1 aromatic carbocycles. The molecule has 0 radical (unpaired) electrons. The van der Waals surface area contributed by atoms with Crippen molar-refractivity contribution in [2.45, 2.75) is 0 Å². The Kier molecular flexibility index (Phi) is 2.13. The van der Waals surface area contributed by atoms with E-state index in [-0.39, 0.29) is 10.6 Å². The first-order chi connectivity index (χ1) is 6.61. The zero-order chi connectivity index (χ0) is 10.3. The minimum Gasteiger partial charge on any atom is -0.478 e. The highest BCUT2D eigenvalue weighted by molar-refractivity contribution is 6.43. The standard InChI is InChI=1S/C9H5Cl2NO2/c10-5-3-12-6-2-1-4(9(13)14)8(11)7(5)6/h1-3,12H,(H,13,14). The maximum Gasteiger partial charge on any atom is 0.337 e. The van der Waals surface area contributed by atoms with E-state index in [0.717, 1.165) is 5.52 Å². The number of hydrogen-bond acceptors (Lipinski definition) is 1. The Bertz CT molecular complexity index is 519. The van der Waals surface area contributed by atoms with Crippen LogP contribution in [0.2, 0.25) is 10.0 Å². The lowest BCUT2D eigenvalue weighted by atomic mass is 10.1. The van der Waals surface area contributed by atoms with Crippen molar-refractivity contribution in [1.29, 1.82) is 0 Å². The summed E-state index contributed by atoms with van der Waals surface area (Å²) in [6.45, 7) is 0. The number of aromatic nitrogens is 1. The van der Waals surface area contributed by atoms with Crippen molar-refractivity contribution in [2.75, 3.05) is 0 Å².